The zero-order chi connectivity index (χ0) is 33.0. The fraction of sp³-hybridized carbons (Fsp3) is 0.457. The fourth-order valence-corrected chi connectivity index (χ4v) is 8.15. The highest BCUT2D eigenvalue weighted by molar-refractivity contribution is 9.09. The van der Waals surface area contributed by atoms with E-state index in [4.69, 9.17) is 14.2 Å². The zero-order valence-electron chi connectivity index (χ0n) is 26.3. The summed E-state index contributed by atoms with van der Waals surface area (Å²) >= 11 is 3.77. The second-order valence-electron chi connectivity index (χ2n) is 11.7. The van der Waals surface area contributed by atoms with Crippen LogP contribution < -0.4 is 19.3 Å². The Morgan fingerprint density at radius 2 is 1.61 bits per heavy atom. The average Bonchev–Trinajstić information content (AvgIpc) is 3.66. The maximum Gasteiger partial charge on any atom is 0.253 e. The molecule has 3 saturated heterocycles. The first-order valence-corrected chi connectivity index (χ1v) is 16.6. The van der Waals surface area contributed by atoms with Crippen molar-refractivity contribution in [2.75, 3.05) is 49.8 Å². The molecule has 0 aromatic heterocycles. The van der Waals surface area contributed by atoms with E-state index >= 15 is 0 Å². The lowest BCUT2D eigenvalue weighted by atomic mass is 9.70. The van der Waals surface area contributed by atoms with Crippen LogP contribution in [0, 0.1) is 11.8 Å². The van der Waals surface area contributed by atoms with E-state index in [-0.39, 0.29) is 48.8 Å². The van der Waals surface area contributed by atoms with Crippen LogP contribution in [-0.2, 0) is 19.1 Å². The van der Waals surface area contributed by atoms with E-state index in [0.717, 1.165) is 0 Å². The summed E-state index contributed by atoms with van der Waals surface area (Å²) in [5, 5.41) is 9.52. The maximum atomic E-state index is 14.7. The molecule has 0 radical (unpaired) electrons. The van der Waals surface area contributed by atoms with E-state index in [1.54, 1.807) is 70.4 Å². The Morgan fingerprint density at radius 3 is 2.15 bits per heavy atom. The highest BCUT2D eigenvalue weighted by atomic mass is 79.9. The molecule has 0 saturated carbocycles. The SMILES string of the molecule is C=CCN(C(=O)C1N(CCCCO)C(=O)[C@@H]2[C@@H](C(=O)N(CC=C)c3ccc(OCC)cc3)[C@@H]3OC12CC3Br)c1ccc(OC)cc1. The van der Waals surface area contributed by atoms with E-state index in [9.17, 15) is 19.5 Å². The van der Waals surface area contributed by atoms with Crippen molar-refractivity contribution < 1.29 is 33.7 Å². The van der Waals surface area contributed by atoms with Gasteiger partial charge in [0.05, 0.1) is 31.7 Å². The number of aliphatic hydroxyl groups is 1. The van der Waals surface area contributed by atoms with Crippen LogP contribution in [0.4, 0.5) is 11.4 Å². The molecule has 3 unspecified atom stereocenters. The highest BCUT2D eigenvalue weighted by Gasteiger charge is 2.77. The van der Waals surface area contributed by atoms with Gasteiger partial charge in [0.25, 0.3) is 5.91 Å². The number of fused-ring (bicyclic) bond motifs is 1. The first-order chi connectivity index (χ1) is 22.3. The van der Waals surface area contributed by atoms with Gasteiger partial charge in [-0.05, 0) is 74.7 Å². The predicted molar refractivity (Wildman–Crippen MR) is 179 cm³/mol. The van der Waals surface area contributed by atoms with E-state index in [1.807, 2.05) is 19.1 Å². The number of unbranched alkanes of at least 4 members (excludes halogenated alkanes) is 1. The molecule has 1 N–H and O–H groups in total. The van der Waals surface area contributed by atoms with Crippen LogP contribution >= 0.6 is 15.9 Å². The number of likely N-dealkylation sites (tertiary alicyclic amines) is 1. The summed E-state index contributed by atoms with van der Waals surface area (Å²) in [5.41, 5.74) is 0.0410. The molecule has 2 aromatic rings. The van der Waals surface area contributed by atoms with Gasteiger partial charge in [-0.2, -0.15) is 0 Å². The quantitative estimate of drug-likeness (QED) is 0.168. The Bertz CT molecular complexity index is 1430. The van der Waals surface area contributed by atoms with Gasteiger partial charge < -0.3 is 34.0 Å². The Balaban J connectivity index is 1.54. The van der Waals surface area contributed by atoms with Gasteiger partial charge in [0.2, 0.25) is 11.8 Å². The van der Waals surface area contributed by atoms with Crippen LogP contribution in [0.15, 0.2) is 73.8 Å². The molecule has 3 aliphatic rings. The van der Waals surface area contributed by atoms with E-state index < -0.39 is 29.6 Å². The van der Waals surface area contributed by atoms with Crippen LogP contribution in [0.1, 0.15) is 26.2 Å². The summed E-state index contributed by atoms with van der Waals surface area (Å²) in [6, 6.07) is 13.4. The lowest BCUT2D eigenvalue weighted by Gasteiger charge is -2.37. The van der Waals surface area contributed by atoms with Gasteiger partial charge in [0, 0.05) is 42.4 Å². The molecule has 3 aliphatic heterocycles. The van der Waals surface area contributed by atoms with Crippen molar-refractivity contribution in [1.82, 2.24) is 4.90 Å². The van der Waals surface area contributed by atoms with E-state index in [1.165, 1.54) is 0 Å². The Hall–Kier alpha value is -3.67. The number of amides is 3. The molecule has 2 aromatic carbocycles. The van der Waals surface area contributed by atoms with Crippen molar-refractivity contribution >= 4 is 45.0 Å². The van der Waals surface area contributed by atoms with E-state index in [2.05, 4.69) is 29.1 Å². The Kier molecular flexibility index (Phi) is 10.5. The molecule has 0 aliphatic carbocycles. The number of nitrogens with zero attached hydrogens (tertiary/aromatic N) is 3. The number of ether oxygens (including phenoxy) is 3. The topological polar surface area (TPSA) is 109 Å². The van der Waals surface area contributed by atoms with Gasteiger partial charge in [-0.15, -0.1) is 13.2 Å². The largest absolute Gasteiger partial charge is 0.497 e. The van der Waals surface area contributed by atoms with Gasteiger partial charge in [0.15, 0.2) is 0 Å². The third-order valence-corrected chi connectivity index (χ3v) is 9.96. The standard InChI is InChI=1S/C35H42BrN3O7/c1-5-18-37(23-12-16-26(17-13-23)45-7-3)32(41)28-29-33(42)39(20-8-9-21-40)31(35(29)22-27(36)30(28)46-35)34(43)38(19-6-2)24-10-14-25(44-4)15-11-24/h5-6,10-17,27-31,40H,1-2,7-9,18-22H2,3-4H3/t27?,28-,29+,30-,31?,35?/m1/s1. The minimum atomic E-state index is -1.23. The van der Waals surface area contributed by atoms with Gasteiger partial charge in [0.1, 0.15) is 23.1 Å². The van der Waals surface area contributed by atoms with Crippen molar-refractivity contribution in [1.29, 1.82) is 0 Å². The number of hydrogen-bond donors (Lipinski definition) is 1. The summed E-state index contributed by atoms with van der Waals surface area (Å²) in [6.07, 6.45) is 4.03. The molecule has 10 nitrogen and oxygen atoms in total. The molecule has 46 heavy (non-hydrogen) atoms. The average molecular weight is 697 g/mol. The number of hydrogen-bond acceptors (Lipinski definition) is 7. The Labute approximate surface area is 278 Å². The smallest absolute Gasteiger partial charge is 0.253 e. The van der Waals surface area contributed by atoms with Crippen molar-refractivity contribution in [3.05, 3.63) is 73.8 Å². The van der Waals surface area contributed by atoms with Crippen LogP contribution in [0.5, 0.6) is 11.5 Å². The monoisotopic (exact) mass is 695 g/mol. The first kappa shape index (κ1) is 33.7. The molecule has 11 heteroatoms. The van der Waals surface area contributed by atoms with Gasteiger partial charge in [-0.25, -0.2) is 0 Å². The second kappa shape index (κ2) is 14.4. The summed E-state index contributed by atoms with van der Waals surface area (Å²) < 4.78 is 17.6. The molecule has 3 amide bonds. The predicted octanol–water partition coefficient (Wildman–Crippen LogP) is 4.35. The number of alkyl halides is 1. The van der Waals surface area contributed by atoms with Gasteiger partial charge in [-0.1, -0.05) is 28.1 Å². The molecular weight excluding hydrogens is 654 g/mol. The molecular formula is C35H42BrN3O7. The number of aliphatic hydroxyl groups excluding tert-OH is 1. The molecule has 3 fully saturated rings. The minimum Gasteiger partial charge on any atom is -0.497 e. The lowest BCUT2D eigenvalue weighted by molar-refractivity contribution is -0.140. The highest BCUT2D eigenvalue weighted by Crippen LogP contribution is 2.60. The maximum absolute atomic E-state index is 14.7. The molecule has 246 valence electrons. The number of benzene rings is 2. The molecule has 6 atom stereocenters. The van der Waals surface area contributed by atoms with Crippen molar-refractivity contribution in [3.63, 3.8) is 0 Å². The molecule has 2 bridgehead atoms. The fourth-order valence-electron chi connectivity index (χ4n) is 7.21. The van der Waals surface area contributed by atoms with Crippen LogP contribution in [0.3, 0.4) is 0 Å². The molecule has 5 rings (SSSR count). The number of methoxy groups -OCH3 is 1. The van der Waals surface area contributed by atoms with Gasteiger partial charge in [-0.3, -0.25) is 14.4 Å². The van der Waals surface area contributed by atoms with Crippen molar-refractivity contribution in [3.8, 4) is 11.5 Å². The number of carbonyl (C=O) groups is 3. The normalized spacial score (nSPS) is 26.0. The number of anilines is 2. The summed E-state index contributed by atoms with van der Waals surface area (Å²) in [5.74, 6) is -1.22. The molecule has 3 heterocycles. The second-order valence-corrected chi connectivity index (χ2v) is 12.9. The van der Waals surface area contributed by atoms with Crippen molar-refractivity contribution in [2.24, 2.45) is 11.8 Å². The van der Waals surface area contributed by atoms with E-state index in [0.29, 0.717) is 48.7 Å². The minimum absolute atomic E-state index is 0.0363. The number of halogens is 1. The summed E-state index contributed by atoms with van der Waals surface area (Å²) in [7, 11) is 1.57. The third-order valence-electron chi connectivity index (χ3n) is 9.11. The van der Waals surface area contributed by atoms with Crippen LogP contribution in [0.25, 0.3) is 0 Å². The first-order valence-electron chi connectivity index (χ1n) is 15.7. The third kappa shape index (κ3) is 5.96. The Morgan fingerprint density at radius 1 is 1.02 bits per heavy atom. The van der Waals surface area contributed by atoms with Gasteiger partial charge >= 0.3 is 0 Å². The number of rotatable bonds is 15. The molecule has 1 spiro atoms. The van der Waals surface area contributed by atoms with Crippen LogP contribution in [0.2, 0.25) is 0 Å². The number of carbonyl (C=O) groups excluding carboxylic acids is 3. The lowest BCUT2D eigenvalue weighted by Crippen LogP contribution is -2.57. The van der Waals surface area contributed by atoms with Crippen LogP contribution in [-0.4, -0.2) is 90.3 Å². The summed E-state index contributed by atoms with van der Waals surface area (Å²) in [4.78, 5) is 48.3. The summed E-state index contributed by atoms with van der Waals surface area (Å²) in [6.45, 7) is 10.8. The van der Waals surface area contributed by atoms with Crippen molar-refractivity contribution in [2.45, 2.75) is 48.8 Å². The zero-order valence-corrected chi connectivity index (χ0v) is 27.9.